The molecule has 6 nitrogen and oxygen atoms in total. The van der Waals surface area contributed by atoms with Crippen molar-refractivity contribution in [1.29, 1.82) is 0 Å². The van der Waals surface area contributed by atoms with E-state index in [1.54, 1.807) is 6.20 Å². The molecule has 2 aromatic heterocycles. The number of hydrogen-bond acceptors (Lipinski definition) is 5. The monoisotopic (exact) mass is 373 g/mol. The Hall–Kier alpha value is -2.01. The van der Waals surface area contributed by atoms with Crippen LogP contribution in [-0.4, -0.2) is 26.6 Å². The molecule has 0 fully saturated rings. The number of imidazole rings is 1. The summed E-state index contributed by atoms with van der Waals surface area (Å²) in [6, 6.07) is 11.6. The van der Waals surface area contributed by atoms with Gasteiger partial charge in [0.15, 0.2) is 0 Å². The van der Waals surface area contributed by atoms with Crippen molar-refractivity contribution in [3.63, 3.8) is 0 Å². The Labute approximate surface area is 153 Å². The maximum atomic E-state index is 13.4. The van der Waals surface area contributed by atoms with Crippen molar-refractivity contribution in [2.75, 3.05) is 0 Å². The van der Waals surface area contributed by atoms with Gasteiger partial charge in [-0.05, 0) is 33.8 Å². The highest BCUT2D eigenvalue weighted by Gasteiger charge is 2.31. The summed E-state index contributed by atoms with van der Waals surface area (Å²) in [5.41, 5.74) is 2.45. The van der Waals surface area contributed by atoms with E-state index in [9.17, 15) is 4.57 Å². The van der Waals surface area contributed by atoms with Gasteiger partial charge in [0.05, 0.1) is 29.8 Å². The van der Waals surface area contributed by atoms with E-state index < -0.39 is 7.60 Å². The van der Waals surface area contributed by atoms with Gasteiger partial charge in [-0.2, -0.15) is 0 Å². The maximum absolute atomic E-state index is 13.4. The zero-order valence-corrected chi connectivity index (χ0v) is 16.4. The molecular formula is C19H24N3O3P. The van der Waals surface area contributed by atoms with E-state index in [-0.39, 0.29) is 18.4 Å². The Morgan fingerprint density at radius 1 is 1.04 bits per heavy atom. The SMILES string of the molecule is CC(C)OP(=O)(Cc1c(-c2ccccc2)nc2ncccn12)OC(C)C. The molecule has 3 aromatic rings. The number of aromatic nitrogens is 3. The molecule has 3 rings (SSSR count). The van der Waals surface area contributed by atoms with Gasteiger partial charge in [0.25, 0.3) is 0 Å². The molecule has 0 radical (unpaired) electrons. The number of benzene rings is 1. The van der Waals surface area contributed by atoms with Crippen molar-refractivity contribution in [3.8, 4) is 11.3 Å². The van der Waals surface area contributed by atoms with E-state index in [4.69, 9.17) is 9.05 Å². The van der Waals surface area contributed by atoms with E-state index >= 15 is 0 Å². The van der Waals surface area contributed by atoms with Crippen molar-refractivity contribution >= 4 is 13.4 Å². The molecule has 1 aromatic carbocycles. The molecular weight excluding hydrogens is 349 g/mol. The lowest BCUT2D eigenvalue weighted by Gasteiger charge is -2.23. The summed E-state index contributed by atoms with van der Waals surface area (Å²) < 4.78 is 26.7. The third kappa shape index (κ3) is 4.21. The molecule has 0 bridgehead atoms. The second-order valence-electron chi connectivity index (χ2n) is 6.64. The highest BCUT2D eigenvalue weighted by molar-refractivity contribution is 7.53. The molecule has 0 atom stereocenters. The van der Waals surface area contributed by atoms with Gasteiger partial charge in [0.1, 0.15) is 0 Å². The molecule has 26 heavy (non-hydrogen) atoms. The van der Waals surface area contributed by atoms with Crippen LogP contribution in [0.1, 0.15) is 33.4 Å². The summed E-state index contributed by atoms with van der Waals surface area (Å²) >= 11 is 0. The average molecular weight is 373 g/mol. The predicted octanol–water partition coefficient (Wildman–Crippen LogP) is 4.94. The first-order valence-electron chi connectivity index (χ1n) is 8.71. The van der Waals surface area contributed by atoms with Crippen molar-refractivity contribution < 1.29 is 13.6 Å². The van der Waals surface area contributed by atoms with Crippen LogP contribution in [-0.2, 0) is 19.8 Å². The normalized spacial score (nSPS) is 12.4. The summed E-state index contributed by atoms with van der Waals surface area (Å²) in [5, 5.41) is 0. The zero-order valence-electron chi connectivity index (χ0n) is 15.5. The van der Waals surface area contributed by atoms with Crippen LogP contribution in [0.15, 0.2) is 48.8 Å². The lowest BCUT2D eigenvalue weighted by atomic mass is 10.1. The first kappa shape index (κ1) is 18.8. The number of rotatable bonds is 7. The topological polar surface area (TPSA) is 65.7 Å². The number of nitrogens with zero attached hydrogens (tertiary/aromatic N) is 3. The molecule has 0 unspecified atom stereocenters. The summed E-state index contributed by atoms with van der Waals surface area (Å²) in [6.45, 7) is 7.41. The van der Waals surface area contributed by atoms with Gasteiger partial charge in [-0.25, -0.2) is 9.97 Å². The summed E-state index contributed by atoms with van der Waals surface area (Å²) in [4.78, 5) is 8.97. The fraction of sp³-hybridized carbons (Fsp3) is 0.368. The molecule has 0 aliphatic carbocycles. The Morgan fingerprint density at radius 3 is 2.31 bits per heavy atom. The molecule has 2 heterocycles. The molecule has 7 heteroatoms. The first-order chi connectivity index (χ1) is 12.4. The summed E-state index contributed by atoms with van der Waals surface area (Å²) in [6.07, 6.45) is 3.26. The van der Waals surface area contributed by atoms with Gasteiger partial charge in [-0.1, -0.05) is 30.3 Å². The minimum atomic E-state index is -3.36. The van der Waals surface area contributed by atoms with Crippen LogP contribution >= 0.6 is 7.60 Å². The molecule has 0 aliphatic rings. The second-order valence-corrected chi connectivity index (χ2v) is 8.60. The highest BCUT2D eigenvalue weighted by Crippen LogP contribution is 2.54. The quantitative estimate of drug-likeness (QED) is 0.549. The molecule has 0 aliphatic heterocycles. The second kappa shape index (κ2) is 7.70. The number of fused-ring (bicyclic) bond motifs is 1. The summed E-state index contributed by atoms with van der Waals surface area (Å²) in [7, 11) is -3.36. The van der Waals surface area contributed by atoms with Crippen molar-refractivity contribution in [2.24, 2.45) is 0 Å². The van der Waals surface area contributed by atoms with Gasteiger partial charge in [0.2, 0.25) is 5.78 Å². The molecule has 0 saturated heterocycles. The van der Waals surface area contributed by atoms with Crippen molar-refractivity contribution in [2.45, 2.75) is 46.1 Å². The number of hydrogen-bond donors (Lipinski definition) is 0. The van der Waals surface area contributed by atoms with Crippen LogP contribution in [0.5, 0.6) is 0 Å². The van der Waals surface area contributed by atoms with Gasteiger partial charge in [0, 0.05) is 18.0 Å². The predicted molar refractivity (Wildman–Crippen MR) is 102 cm³/mol. The van der Waals surface area contributed by atoms with Gasteiger partial charge < -0.3 is 9.05 Å². The smallest absolute Gasteiger partial charge is 0.306 e. The molecule has 0 spiro atoms. The van der Waals surface area contributed by atoms with Crippen LogP contribution in [0.3, 0.4) is 0 Å². The van der Waals surface area contributed by atoms with E-state index in [0.29, 0.717) is 5.78 Å². The van der Waals surface area contributed by atoms with Gasteiger partial charge >= 0.3 is 7.60 Å². The summed E-state index contributed by atoms with van der Waals surface area (Å²) in [5.74, 6) is 0.557. The van der Waals surface area contributed by atoms with Crippen LogP contribution in [0.4, 0.5) is 0 Å². The molecule has 0 N–H and O–H groups in total. The van der Waals surface area contributed by atoms with E-state index in [0.717, 1.165) is 17.0 Å². The van der Waals surface area contributed by atoms with E-state index in [1.165, 1.54) is 0 Å². The van der Waals surface area contributed by atoms with Crippen LogP contribution < -0.4 is 0 Å². The van der Waals surface area contributed by atoms with Gasteiger partial charge in [-0.3, -0.25) is 8.97 Å². The van der Waals surface area contributed by atoms with Crippen molar-refractivity contribution in [3.05, 3.63) is 54.5 Å². The van der Waals surface area contributed by atoms with Crippen molar-refractivity contribution in [1.82, 2.24) is 14.4 Å². The lowest BCUT2D eigenvalue weighted by molar-refractivity contribution is 0.141. The third-order valence-corrected chi connectivity index (χ3v) is 5.81. The zero-order chi connectivity index (χ0) is 18.7. The van der Waals surface area contributed by atoms with E-state index in [1.807, 2.05) is 74.7 Å². The Bertz CT molecular complexity index is 908. The standard InChI is InChI=1S/C19H24N3O3P/c1-14(2)24-26(23,25-15(3)4)13-17-18(16-9-6-5-7-10-16)21-19-20-11-8-12-22(17)19/h5-12,14-15H,13H2,1-4H3. The highest BCUT2D eigenvalue weighted by atomic mass is 31.2. The van der Waals surface area contributed by atoms with Crippen LogP contribution in [0, 0.1) is 0 Å². The van der Waals surface area contributed by atoms with Crippen LogP contribution in [0.2, 0.25) is 0 Å². The average Bonchev–Trinajstić information content (AvgIpc) is 2.92. The Balaban J connectivity index is 2.12. The molecule has 138 valence electrons. The van der Waals surface area contributed by atoms with E-state index in [2.05, 4.69) is 9.97 Å². The maximum Gasteiger partial charge on any atom is 0.337 e. The minimum absolute atomic E-state index is 0.125. The fourth-order valence-corrected chi connectivity index (χ4v) is 4.99. The first-order valence-corrected chi connectivity index (χ1v) is 10.4. The largest absolute Gasteiger partial charge is 0.337 e. The molecule has 0 saturated carbocycles. The van der Waals surface area contributed by atoms with Crippen LogP contribution in [0.25, 0.3) is 17.0 Å². The Kier molecular flexibility index (Phi) is 5.56. The minimum Gasteiger partial charge on any atom is -0.306 e. The lowest BCUT2D eigenvalue weighted by Crippen LogP contribution is -2.10. The third-order valence-electron chi connectivity index (χ3n) is 3.64. The fourth-order valence-electron chi connectivity index (χ4n) is 2.84. The van der Waals surface area contributed by atoms with Gasteiger partial charge in [-0.15, -0.1) is 0 Å². The molecule has 0 amide bonds. The Morgan fingerprint density at radius 2 is 1.69 bits per heavy atom.